The van der Waals surface area contributed by atoms with E-state index in [1.54, 1.807) is 6.20 Å². The van der Waals surface area contributed by atoms with Crippen LogP contribution in [-0.2, 0) is 11.2 Å². The third-order valence-electron chi connectivity index (χ3n) is 3.51. The van der Waals surface area contributed by atoms with Crippen LogP contribution in [-0.4, -0.2) is 20.6 Å². The van der Waals surface area contributed by atoms with Gasteiger partial charge in [0.05, 0.1) is 6.42 Å². The zero-order valence-corrected chi connectivity index (χ0v) is 12.1. The van der Waals surface area contributed by atoms with E-state index < -0.39 is 5.97 Å². The van der Waals surface area contributed by atoms with Gasteiger partial charge in [0.2, 0.25) is 0 Å². The summed E-state index contributed by atoms with van der Waals surface area (Å²) in [4.78, 5) is 15.5. The second-order valence-corrected chi connectivity index (χ2v) is 5.26. The summed E-state index contributed by atoms with van der Waals surface area (Å²) in [5, 5.41) is 10.6. The molecule has 0 spiro atoms. The summed E-state index contributed by atoms with van der Waals surface area (Å²) < 4.78 is 1.96. The summed E-state index contributed by atoms with van der Waals surface area (Å²) in [5.41, 5.74) is 3.35. The van der Waals surface area contributed by atoms with Gasteiger partial charge in [-0.05, 0) is 48.9 Å². The molecule has 21 heavy (non-hydrogen) atoms. The topological polar surface area (TPSA) is 55.1 Å². The van der Waals surface area contributed by atoms with Gasteiger partial charge in [-0.25, -0.2) is 4.98 Å². The van der Waals surface area contributed by atoms with Gasteiger partial charge in [-0.2, -0.15) is 0 Å². The number of carboxylic acids is 1. The smallest absolute Gasteiger partial charge is 0.307 e. The second-order valence-electron chi connectivity index (χ2n) is 4.82. The van der Waals surface area contributed by atoms with Crippen molar-refractivity contribution < 1.29 is 9.90 Å². The fourth-order valence-corrected chi connectivity index (χ4v) is 2.71. The predicted molar refractivity (Wildman–Crippen MR) is 82.2 cm³/mol. The normalized spacial score (nSPS) is 11.0. The minimum Gasteiger partial charge on any atom is -0.481 e. The SMILES string of the molecule is Cc1c(CC(=O)O)c2cccnc2n1-c1ccc(Cl)cc1. The van der Waals surface area contributed by atoms with E-state index in [0.29, 0.717) is 5.02 Å². The van der Waals surface area contributed by atoms with Gasteiger partial charge in [-0.15, -0.1) is 0 Å². The lowest BCUT2D eigenvalue weighted by Gasteiger charge is -2.08. The summed E-state index contributed by atoms with van der Waals surface area (Å²) in [6.07, 6.45) is 1.69. The van der Waals surface area contributed by atoms with E-state index in [9.17, 15) is 4.79 Å². The summed E-state index contributed by atoms with van der Waals surface area (Å²) in [6, 6.07) is 11.1. The molecule has 0 aliphatic rings. The average molecular weight is 301 g/mol. The van der Waals surface area contributed by atoms with E-state index in [1.165, 1.54) is 0 Å². The van der Waals surface area contributed by atoms with E-state index in [2.05, 4.69) is 4.98 Å². The van der Waals surface area contributed by atoms with Crippen LogP contribution in [0, 0.1) is 6.92 Å². The van der Waals surface area contributed by atoms with Crippen LogP contribution >= 0.6 is 11.6 Å². The summed E-state index contributed by atoms with van der Waals surface area (Å²) in [6.45, 7) is 1.91. The molecule has 1 N–H and O–H groups in total. The number of halogens is 1. The van der Waals surface area contributed by atoms with Crippen molar-refractivity contribution in [3.05, 3.63) is 58.9 Å². The number of carboxylic acid groups (broad SMARTS) is 1. The number of fused-ring (bicyclic) bond motifs is 1. The van der Waals surface area contributed by atoms with Gasteiger partial charge in [0.25, 0.3) is 0 Å². The molecule has 5 heteroatoms. The van der Waals surface area contributed by atoms with Gasteiger partial charge in [-0.3, -0.25) is 9.36 Å². The maximum absolute atomic E-state index is 11.1. The average Bonchev–Trinajstić information content (AvgIpc) is 2.73. The molecule has 0 radical (unpaired) electrons. The standard InChI is InChI=1S/C16H13ClN2O2/c1-10-14(9-15(20)21)13-3-2-8-18-16(13)19(10)12-6-4-11(17)5-7-12/h2-8H,9H2,1H3,(H,20,21). The molecule has 0 unspecified atom stereocenters. The number of hydrogen-bond donors (Lipinski definition) is 1. The number of benzene rings is 1. The first kappa shape index (κ1) is 13.6. The van der Waals surface area contributed by atoms with Gasteiger partial charge in [0.1, 0.15) is 5.65 Å². The molecule has 2 heterocycles. The van der Waals surface area contributed by atoms with Crippen LogP contribution in [0.4, 0.5) is 0 Å². The van der Waals surface area contributed by atoms with Gasteiger partial charge < -0.3 is 5.11 Å². The van der Waals surface area contributed by atoms with Crippen molar-refractivity contribution in [2.45, 2.75) is 13.3 Å². The van der Waals surface area contributed by atoms with Crippen LogP contribution in [0.25, 0.3) is 16.7 Å². The summed E-state index contributed by atoms with van der Waals surface area (Å²) in [7, 11) is 0. The Kier molecular flexibility index (Phi) is 3.39. The van der Waals surface area contributed by atoms with Crippen molar-refractivity contribution in [2.75, 3.05) is 0 Å². The minimum absolute atomic E-state index is 0.0192. The van der Waals surface area contributed by atoms with Crippen molar-refractivity contribution in [3.8, 4) is 5.69 Å². The highest BCUT2D eigenvalue weighted by Gasteiger charge is 2.17. The molecule has 0 fully saturated rings. The van der Waals surface area contributed by atoms with Crippen LogP contribution in [0.2, 0.25) is 5.02 Å². The summed E-state index contributed by atoms with van der Waals surface area (Å²) >= 11 is 5.93. The Labute approximate surface area is 126 Å². The van der Waals surface area contributed by atoms with E-state index in [1.807, 2.05) is 47.9 Å². The molecule has 1 aromatic carbocycles. The molecule has 4 nitrogen and oxygen atoms in total. The van der Waals surface area contributed by atoms with Crippen LogP contribution < -0.4 is 0 Å². The van der Waals surface area contributed by atoms with Crippen molar-refractivity contribution in [1.82, 2.24) is 9.55 Å². The van der Waals surface area contributed by atoms with Crippen molar-refractivity contribution >= 4 is 28.6 Å². The van der Waals surface area contributed by atoms with E-state index in [0.717, 1.165) is 28.0 Å². The van der Waals surface area contributed by atoms with Gasteiger partial charge >= 0.3 is 5.97 Å². The molecule has 0 aliphatic heterocycles. The molecule has 0 saturated carbocycles. The molecule has 0 amide bonds. The lowest BCUT2D eigenvalue weighted by molar-refractivity contribution is -0.136. The van der Waals surface area contributed by atoms with Crippen LogP contribution in [0.3, 0.4) is 0 Å². The molecular formula is C16H13ClN2O2. The third-order valence-corrected chi connectivity index (χ3v) is 3.76. The Morgan fingerprint density at radius 1 is 1.29 bits per heavy atom. The van der Waals surface area contributed by atoms with E-state index >= 15 is 0 Å². The number of nitrogens with zero attached hydrogens (tertiary/aromatic N) is 2. The quantitative estimate of drug-likeness (QED) is 0.804. The molecule has 2 aromatic heterocycles. The number of rotatable bonds is 3. The minimum atomic E-state index is -0.850. The lowest BCUT2D eigenvalue weighted by atomic mass is 10.1. The number of pyridine rings is 1. The number of hydrogen-bond acceptors (Lipinski definition) is 2. The fraction of sp³-hybridized carbons (Fsp3) is 0.125. The van der Waals surface area contributed by atoms with Crippen LogP contribution in [0.5, 0.6) is 0 Å². The zero-order valence-electron chi connectivity index (χ0n) is 11.4. The van der Waals surface area contributed by atoms with Gasteiger partial charge in [0.15, 0.2) is 0 Å². The number of aliphatic carboxylic acids is 1. The van der Waals surface area contributed by atoms with Crippen LogP contribution in [0.1, 0.15) is 11.3 Å². The summed E-state index contributed by atoms with van der Waals surface area (Å²) in [5.74, 6) is -0.850. The fourth-order valence-electron chi connectivity index (χ4n) is 2.58. The predicted octanol–water partition coefficient (Wildman–Crippen LogP) is 3.61. The Balaban J connectivity index is 2.29. The molecule has 0 bridgehead atoms. The highest BCUT2D eigenvalue weighted by atomic mass is 35.5. The van der Waals surface area contributed by atoms with E-state index in [4.69, 9.17) is 16.7 Å². The number of aromatic nitrogens is 2. The zero-order chi connectivity index (χ0) is 15.0. The third kappa shape index (κ3) is 2.38. The van der Waals surface area contributed by atoms with Gasteiger partial charge in [-0.1, -0.05) is 11.6 Å². The molecule has 0 atom stereocenters. The Bertz CT molecular complexity index is 822. The molecule has 0 saturated heterocycles. The Morgan fingerprint density at radius 2 is 2.00 bits per heavy atom. The van der Waals surface area contributed by atoms with Crippen molar-refractivity contribution in [1.29, 1.82) is 0 Å². The largest absolute Gasteiger partial charge is 0.481 e. The van der Waals surface area contributed by atoms with Gasteiger partial charge in [0, 0.05) is 28.0 Å². The monoisotopic (exact) mass is 300 g/mol. The lowest BCUT2D eigenvalue weighted by Crippen LogP contribution is -2.03. The molecule has 0 aliphatic carbocycles. The maximum Gasteiger partial charge on any atom is 0.307 e. The Morgan fingerprint density at radius 3 is 2.67 bits per heavy atom. The molecule has 3 aromatic rings. The Hall–Kier alpha value is -2.33. The van der Waals surface area contributed by atoms with Crippen molar-refractivity contribution in [3.63, 3.8) is 0 Å². The first-order chi connectivity index (χ1) is 10.1. The first-order valence-electron chi connectivity index (χ1n) is 6.50. The highest BCUT2D eigenvalue weighted by Crippen LogP contribution is 2.28. The molecule has 3 rings (SSSR count). The maximum atomic E-state index is 11.1. The van der Waals surface area contributed by atoms with Crippen molar-refractivity contribution in [2.24, 2.45) is 0 Å². The number of carbonyl (C=O) groups is 1. The van der Waals surface area contributed by atoms with Crippen LogP contribution in [0.15, 0.2) is 42.6 Å². The molecular weight excluding hydrogens is 288 g/mol. The first-order valence-corrected chi connectivity index (χ1v) is 6.88. The molecule has 106 valence electrons. The second kappa shape index (κ2) is 5.22. The van der Waals surface area contributed by atoms with E-state index in [-0.39, 0.29) is 6.42 Å². The highest BCUT2D eigenvalue weighted by molar-refractivity contribution is 6.30.